The first-order valence-corrected chi connectivity index (χ1v) is 9.45. The molecule has 0 bridgehead atoms. The molecule has 1 fully saturated rings. The first kappa shape index (κ1) is 17.0. The summed E-state index contributed by atoms with van der Waals surface area (Å²) in [7, 11) is 1.87. The Morgan fingerprint density at radius 3 is 2.65 bits per heavy atom. The number of likely N-dealkylation sites (N-methyl/N-ethyl adjacent to an activating group) is 1. The molecule has 1 aromatic carbocycles. The number of anilines is 1. The quantitative estimate of drug-likeness (QED) is 0.921. The smallest absolute Gasteiger partial charge is 0.253 e. The minimum atomic E-state index is 0.141. The molecule has 26 heavy (non-hydrogen) atoms. The zero-order valence-electron chi connectivity index (χ0n) is 15.3. The highest BCUT2D eigenvalue weighted by atomic mass is 16.2. The van der Waals surface area contributed by atoms with Crippen LogP contribution in [0.2, 0.25) is 0 Å². The third-order valence-corrected chi connectivity index (χ3v) is 5.51. The van der Waals surface area contributed by atoms with Gasteiger partial charge >= 0.3 is 0 Å². The first-order valence-electron chi connectivity index (χ1n) is 9.45. The van der Waals surface area contributed by atoms with Crippen LogP contribution in [0.3, 0.4) is 0 Å². The number of hydrogen-bond donors (Lipinski definition) is 1. The molecule has 4 rings (SSSR count). The second-order valence-electron chi connectivity index (χ2n) is 7.40. The molecule has 5 heteroatoms. The fourth-order valence-electron chi connectivity index (χ4n) is 3.91. The first-order chi connectivity index (χ1) is 12.7. The fourth-order valence-corrected chi connectivity index (χ4v) is 3.91. The van der Waals surface area contributed by atoms with Gasteiger partial charge in [-0.05, 0) is 60.7 Å². The number of aromatic nitrogens is 1. The predicted octanol–water partition coefficient (Wildman–Crippen LogP) is 2.79. The van der Waals surface area contributed by atoms with Crippen LogP contribution in [0.5, 0.6) is 0 Å². The summed E-state index contributed by atoms with van der Waals surface area (Å²) in [6, 6.07) is 10.9. The molecule has 2 aromatic rings. The Morgan fingerprint density at radius 1 is 1.12 bits per heavy atom. The number of carbonyl (C=O) groups excluding carboxylic acids is 1. The van der Waals surface area contributed by atoms with Gasteiger partial charge in [-0.15, -0.1) is 0 Å². The maximum Gasteiger partial charge on any atom is 0.253 e. The minimum absolute atomic E-state index is 0.141. The van der Waals surface area contributed by atoms with Crippen molar-refractivity contribution in [2.75, 3.05) is 32.0 Å². The second-order valence-corrected chi connectivity index (χ2v) is 7.40. The van der Waals surface area contributed by atoms with Crippen molar-refractivity contribution in [2.24, 2.45) is 0 Å². The molecule has 1 amide bonds. The average Bonchev–Trinajstić information content (AvgIpc) is 2.67. The normalized spacial score (nSPS) is 18.7. The van der Waals surface area contributed by atoms with Gasteiger partial charge in [0.15, 0.2) is 0 Å². The van der Waals surface area contributed by atoms with E-state index in [1.54, 1.807) is 4.90 Å². The van der Waals surface area contributed by atoms with Gasteiger partial charge in [-0.2, -0.15) is 0 Å². The van der Waals surface area contributed by atoms with E-state index in [0.717, 1.165) is 56.7 Å². The molecule has 0 radical (unpaired) electrons. The van der Waals surface area contributed by atoms with E-state index >= 15 is 0 Å². The zero-order valence-corrected chi connectivity index (χ0v) is 15.3. The van der Waals surface area contributed by atoms with Crippen molar-refractivity contribution in [3.8, 4) is 0 Å². The monoisotopic (exact) mass is 350 g/mol. The van der Waals surface area contributed by atoms with Crippen molar-refractivity contribution in [3.63, 3.8) is 0 Å². The number of piperidine rings is 1. The van der Waals surface area contributed by atoms with Crippen LogP contribution in [0, 0.1) is 0 Å². The van der Waals surface area contributed by atoms with Crippen LogP contribution in [0.15, 0.2) is 42.7 Å². The van der Waals surface area contributed by atoms with Crippen LogP contribution in [0.25, 0.3) is 0 Å². The van der Waals surface area contributed by atoms with Crippen LogP contribution in [0.1, 0.15) is 34.3 Å². The number of hydrogen-bond acceptors (Lipinski definition) is 4. The number of likely N-dealkylation sites (tertiary alicyclic amines) is 1. The lowest BCUT2D eigenvalue weighted by molar-refractivity contribution is 0.0781. The van der Waals surface area contributed by atoms with Crippen LogP contribution < -0.4 is 5.32 Å². The van der Waals surface area contributed by atoms with Crippen molar-refractivity contribution < 1.29 is 4.79 Å². The Morgan fingerprint density at radius 2 is 1.88 bits per heavy atom. The molecule has 136 valence electrons. The van der Waals surface area contributed by atoms with Gasteiger partial charge in [-0.1, -0.05) is 0 Å². The van der Waals surface area contributed by atoms with E-state index < -0.39 is 0 Å². The van der Waals surface area contributed by atoms with E-state index in [-0.39, 0.29) is 5.91 Å². The molecule has 1 saturated heterocycles. The summed E-state index contributed by atoms with van der Waals surface area (Å²) in [4.78, 5) is 20.6. The van der Waals surface area contributed by atoms with Gasteiger partial charge in [0.1, 0.15) is 0 Å². The van der Waals surface area contributed by atoms with Gasteiger partial charge in [-0.3, -0.25) is 14.7 Å². The van der Waals surface area contributed by atoms with E-state index in [2.05, 4.69) is 39.5 Å². The average molecular weight is 350 g/mol. The summed E-state index contributed by atoms with van der Waals surface area (Å²) in [5.74, 6) is 0.141. The Bertz CT molecular complexity index is 769. The number of amides is 1. The minimum Gasteiger partial charge on any atom is -0.382 e. The van der Waals surface area contributed by atoms with E-state index in [1.807, 2.05) is 25.5 Å². The van der Waals surface area contributed by atoms with Crippen LogP contribution in [0.4, 0.5) is 5.69 Å². The highest BCUT2D eigenvalue weighted by Crippen LogP contribution is 2.24. The van der Waals surface area contributed by atoms with Crippen LogP contribution >= 0.6 is 0 Å². The second kappa shape index (κ2) is 7.46. The SMILES string of the molecule is CN1CCc2cc(NC3CCN(Cc4ccncc4)CC3)ccc2C1=O. The summed E-state index contributed by atoms with van der Waals surface area (Å²) in [6.45, 7) is 4.02. The molecule has 0 saturated carbocycles. The van der Waals surface area contributed by atoms with Crippen molar-refractivity contribution in [2.45, 2.75) is 31.8 Å². The number of nitrogens with zero attached hydrogens (tertiary/aromatic N) is 3. The summed E-state index contributed by atoms with van der Waals surface area (Å²) >= 11 is 0. The van der Waals surface area contributed by atoms with Crippen molar-refractivity contribution in [1.82, 2.24) is 14.8 Å². The topological polar surface area (TPSA) is 48.5 Å². The zero-order chi connectivity index (χ0) is 17.9. The summed E-state index contributed by atoms with van der Waals surface area (Å²) < 4.78 is 0. The van der Waals surface area contributed by atoms with Gasteiger partial charge in [0.25, 0.3) is 5.91 Å². The van der Waals surface area contributed by atoms with E-state index in [9.17, 15) is 4.79 Å². The molecule has 0 atom stereocenters. The lowest BCUT2D eigenvalue weighted by Crippen LogP contribution is -2.38. The van der Waals surface area contributed by atoms with Crippen LogP contribution in [-0.2, 0) is 13.0 Å². The van der Waals surface area contributed by atoms with Gasteiger partial charge < -0.3 is 10.2 Å². The fraction of sp³-hybridized carbons (Fsp3) is 0.429. The van der Waals surface area contributed by atoms with Gasteiger partial charge in [0.05, 0.1) is 0 Å². The highest BCUT2D eigenvalue weighted by molar-refractivity contribution is 5.97. The van der Waals surface area contributed by atoms with E-state index in [0.29, 0.717) is 6.04 Å². The Kier molecular flexibility index (Phi) is 4.89. The maximum atomic E-state index is 12.2. The molecule has 3 heterocycles. The van der Waals surface area contributed by atoms with Gasteiger partial charge in [-0.25, -0.2) is 0 Å². The van der Waals surface area contributed by atoms with Crippen molar-refractivity contribution >= 4 is 11.6 Å². The molecule has 1 aromatic heterocycles. The number of rotatable bonds is 4. The molecule has 2 aliphatic heterocycles. The molecule has 0 spiro atoms. The Balaban J connectivity index is 1.33. The molecule has 0 aliphatic carbocycles. The van der Waals surface area contributed by atoms with E-state index in [1.165, 1.54) is 11.1 Å². The molecule has 2 aliphatic rings. The predicted molar refractivity (Wildman–Crippen MR) is 103 cm³/mol. The molecular formula is C21H26N4O. The third-order valence-electron chi connectivity index (χ3n) is 5.51. The standard InChI is InChI=1S/C21H26N4O/c1-24-11-6-17-14-19(2-3-20(17)21(24)26)23-18-7-12-25(13-8-18)15-16-4-9-22-10-5-16/h2-5,9-10,14,18,23H,6-8,11-13,15H2,1H3. The van der Waals surface area contributed by atoms with E-state index in [4.69, 9.17) is 0 Å². The maximum absolute atomic E-state index is 12.2. The number of pyridine rings is 1. The number of carbonyl (C=O) groups is 1. The number of fused-ring (bicyclic) bond motifs is 1. The number of nitrogens with one attached hydrogen (secondary N) is 1. The van der Waals surface area contributed by atoms with Gasteiger partial charge in [0.2, 0.25) is 0 Å². The molecular weight excluding hydrogens is 324 g/mol. The largest absolute Gasteiger partial charge is 0.382 e. The number of benzene rings is 1. The Hall–Kier alpha value is -2.40. The summed E-state index contributed by atoms with van der Waals surface area (Å²) in [5, 5.41) is 3.68. The summed E-state index contributed by atoms with van der Waals surface area (Å²) in [6.07, 6.45) is 6.95. The molecule has 5 nitrogen and oxygen atoms in total. The lowest BCUT2D eigenvalue weighted by atomic mass is 9.98. The molecule has 0 unspecified atom stereocenters. The van der Waals surface area contributed by atoms with Crippen molar-refractivity contribution in [3.05, 3.63) is 59.4 Å². The Labute approximate surface area is 155 Å². The third kappa shape index (κ3) is 3.73. The highest BCUT2D eigenvalue weighted by Gasteiger charge is 2.23. The molecule has 1 N–H and O–H groups in total. The lowest BCUT2D eigenvalue weighted by Gasteiger charge is -2.33. The van der Waals surface area contributed by atoms with Gasteiger partial charge in [0, 0.05) is 62.9 Å². The van der Waals surface area contributed by atoms with Crippen molar-refractivity contribution in [1.29, 1.82) is 0 Å². The summed E-state index contributed by atoms with van der Waals surface area (Å²) in [5.41, 5.74) is 4.51. The van der Waals surface area contributed by atoms with Crippen LogP contribution in [-0.4, -0.2) is 53.4 Å².